The third kappa shape index (κ3) is 3.04. The minimum absolute atomic E-state index is 0.0533. The van der Waals surface area contributed by atoms with E-state index in [9.17, 15) is 0 Å². The summed E-state index contributed by atoms with van der Waals surface area (Å²) in [5.74, 6) is 1.85. The van der Waals surface area contributed by atoms with Crippen LogP contribution in [-0.2, 0) is 4.74 Å². The molecule has 0 radical (unpaired) electrons. The summed E-state index contributed by atoms with van der Waals surface area (Å²) in [6.45, 7) is 9.75. The lowest BCUT2D eigenvalue weighted by Crippen LogP contribution is -2.56. The van der Waals surface area contributed by atoms with Crippen LogP contribution in [-0.4, -0.2) is 59.6 Å². The van der Waals surface area contributed by atoms with Crippen LogP contribution >= 0.6 is 0 Å². The topological polar surface area (TPSA) is 78.0 Å². The first-order valence-electron chi connectivity index (χ1n) is 13.4. The van der Waals surface area contributed by atoms with Gasteiger partial charge in [-0.25, -0.2) is 4.99 Å². The Morgan fingerprint density at radius 2 is 1.97 bits per heavy atom. The maximum Gasteiger partial charge on any atom is 0.235 e. The zero-order chi connectivity index (χ0) is 25.5. The lowest BCUT2D eigenvalue weighted by atomic mass is 9.92. The second-order valence-corrected chi connectivity index (χ2v) is 10.8. The molecule has 0 saturated carbocycles. The van der Waals surface area contributed by atoms with Crippen molar-refractivity contribution in [2.24, 2.45) is 4.99 Å². The Morgan fingerprint density at radius 3 is 2.89 bits per heavy atom. The fourth-order valence-corrected chi connectivity index (χ4v) is 6.64. The van der Waals surface area contributed by atoms with Crippen LogP contribution in [0.4, 0.5) is 11.4 Å². The van der Waals surface area contributed by atoms with E-state index in [1.807, 2.05) is 6.20 Å². The number of fused-ring (bicyclic) bond motifs is 7. The molecule has 3 aromatic carbocycles. The van der Waals surface area contributed by atoms with Gasteiger partial charge in [-0.15, -0.1) is 0 Å². The van der Waals surface area contributed by atoms with Gasteiger partial charge in [0.15, 0.2) is 0 Å². The van der Waals surface area contributed by atoms with Gasteiger partial charge < -0.3 is 19.7 Å². The average molecular weight is 507 g/mol. The molecule has 3 atom stereocenters. The van der Waals surface area contributed by atoms with Gasteiger partial charge in [-0.05, 0) is 61.2 Å². The number of anilines is 2. The third-order valence-corrected chi connectivity index (χ3v) is 8.47. The second-order valence-electron chi connectivity index (χ2n) is 10.8. The van der Waals surface area contributed by atoms with Gasteiger partial charge in [0.1, 0.15) is 18.2 Å². The molecule has 2 unspecified atom stereocenters. The number of hydrogen-bond donors (Lipinski definition) is 2. The first kappa shape index (κ1) is 22.1. The van der Waals surface area contributed by atoms with E-state index in [1.54, 1.807) is 0 Å². The predicted octanol–water partition coefficient (Wildman–Crippen LogP) is 4.79. The maximum atomic E-state index is 6.63. The van der Waals surface area contributed by atoms with Crippen LogP contribution in [0, 0.1) is 13.8 Å². The highest BCUT2D eigenvalue weighted by Crippen LogP contribution is 2.50. The van der Waals surface area contributed by atoms with Gasteiger partial charge in [-0.2, -0.15) is 5.10 Å². The SMILES string of the molecule is Cc1cccc2c1N1c3cc(-c4c(C)ccc5[nH]ncc45)cc4c3C(=NC1OC2C)N1CCNC[C@H]1CO4. The van der Waals surface area contributed by atoms with Crippen molar-refractivity contribution in [1.29, 1.82) is 0 Å². The van der Waals surface area contributed by atoms with Gasteiger partial charge in [0.2, 0.25) is 6.35 Å². The largest absolute Gasteiger partial charge is 0.491 e. The van der Waals surface area contributed by atoms with E-state index in [2.05, 4.69) is 88.5 Å². The first-order chi connectivity index (χ1) is 18.6. The second kappa shape index (κ2) is 8.06. The molecule has 5 heterocycles. The number of aryl methyl sites for hydroxylation is 2. The Kier molecular flexibility index (Phi) is 4.69. The van der Waals surface area contributed by atoms with Crippen molar-refractivity contribution in [3.05, 3.63) is 70.9 Å². The number of nitrogens with one attached hydrogen (secondary N) is 2. The van der Waals surface area contributed by atoms with Crippen molar-refractivity contribution < 1.29 is 9.47 Å². The van der Waals surface area contributed by atoms with Crippen molar-refractivity contribution in [1.82, 2.24) is 20.4 Å². The van der Waals surface area contributed by atoms with Crippen molar-refractivity contribution in [2.45, 2.75) is 39.3 Å². The third-order valence-electron chi connectivity index (χ3n) is 8.47. The number of para-hydroxylation sites is 1. The number of nitrogens with zero attached hydrogens (tertiary/aromatic N) is 4. The molecular formula is C30H30N6O2. The minimum atomic E-state index is -0.441. The summed E-state index contributed by atoms with van der Waals surface area (Å²) in [5.41, 5.74) is 10.2. The number of amidine groups is 1. The number of H-pyrrole nitrogens is 1. The van der Waals surface area contributed by atoms with Crippen LogP contribution in [0.3, 0.4) is 0 Å². The lowest BCUT2D eigenvalue weighted by molar-refractivity contribution is -0.00545. The minimum Gasteiger partial charge on any atom is -0.491 e. The molecule has 2 N–H and O–H groups in total. The molecule has 8 rings (SSSR count). The van der Waals surface area contributed by atoms with E-state index in [-0.39, 0.29) is 12.1 Å². The molecule has 0 amide bonds. The number of ether oxygens (including phenoxy) is 2. The van der Waals surface area contributed by atoms with E-state index >= 15 is 0 Å². The normalized spacial score (nSPS) is 23.6. The van der Waals surface area contributed by atoms with Gasteiger partial charge in [-0.1, -0.05) is 24.3 Å². The van der Waals surface area contributed by atoms with E-state index in [0.29, 0.717) is 6.61 Å². The summed E-state index contributed by atoms with van der Waals surface area (Å²) < 4.78 is 13.2. The summed E-state index contributed by atoms with van der Waals surface area (Å²) in [4.78, 5) is 10.0. The van der Waals surface area contributed by atoms with Gasteiger partial charge in [-0.3, -0.25) is 10.00 Å². The molecule has 8 nitrogen and oxygen atoms in total. The molecule has 8 heteroatoms. The highest BCUT2D eigenvalue weighted by molar-refractivity contribution is 6.10. The van der Waals surface area contributed by atoms with Gasteiger partial charge in [0.05, 0.1) is 40.8 Å². The number of aromatic amines is 1. The number of rotatable bonds is 1. The molecule has 4 aromatic rings. The molecule has 0 spiro atoms. The summed E-state index contributed by atoms with van der Waals surface area (Å²) in [5, 5.41) is 12.1. The van der Waals surface area contributed by atoms with Crippen LogP contribution in [0.1, 0.15) is 35.3 Å². The zero-order valence-corrected chi connectivity index (χ0v) is 21.8. The van der Waals surface area contributed by atoms with Crippen molar-refractivity contribution >= 4 is 28.1 Å². The van der Waals surface area contributed by atoms with Crippen LogP contribution in [0.15, 0.2) is 53.7 Å². The number of aromatic nitrogens is 2. The van der Waals surface area contributed by atoms with Gasteiger partial charge >= 0.3 is 0 Å². The fourth-order valence-electron chi connectivity index (χ4n) is 6.64. The predicted molar refractivity (Wildman–Crippen MR) is 148 cm³/mol. The standard InChI is InChI=1S/C30H30N6O2/c1-16-7-8-23-22(14-32-34-23)26(16)19-11-24-27-25(12-19)37-15-20-13-31-9-10-35(20)29(27)33-30-36(24)28-17(2)5-4-6-21(28)18(3)38-30/h4-8,11-12,14,18,20,30-31H,9-10,13,15H2,1-3H3,(H,32,34)/t18?,20-,30?/m0/s1. The lowest BCUT2D eigenvalue weighted by Gasteiger charge is -2.45. The monoisotopic (exact) mass is 506 g/mol. The molecule has 4 aliphatic heterocycles. The summed E-state index contributed by atoms with van der Waals surface area (Å²) in [6.07, 6.45) is 1.42. The molecule has 1 saturated heterocycles. The van der Waals surface area contributed by atoms with Crippen LogP contribution in [0.5, 0.6) is 5.75 Å². The quantitative estimate of drug-likeness (QED) is 0.387. The molecule has 38 heavy (non-hydrogen) atoms. The highest BCUT2D eigenvalue weighted by Gasteiger charge is 2.43. The van der Waals surface area contributed by atoms with E-state index in [1.165, 1.54) is 27.9 Å². The number of piperazine rings is 1. The molecule has 0 bridgehead atoms. The Hall–Kier alpha value is -3.88. The average Bonchev–Trinajstić information content (AvgIpc) is 3.34. The summed E-state index contributed by atoms with van der Waals surface area (Å²) in [6, 6.07) is 15.4. The van der Waals surface area contributed by atoms with Crippen molar-refractivity contribution in [3.63, 3.8) is 0 Å². The Bertz CT molecular complexity index is 1640. The molecule has 1 fully saturated rings. The Morgan fingerprint density at radius 1 is 1.05 bits per heavy atom. The van der Waals surface area contributed by atoms with Gasteiger partial charge in [0.25, 0.3) is 0 Å². The highest BCUT2D eigenvalue weighted by atomic mass is 16.5. The van der Waals surface area contributed by atoms with Crippen molar-refractivity contribution in [3.8, 4) is 16.9 Å². The fraction of sp³-hybridized carbons (Fsp3) is 0.333. The van der Waals surface area contributed by atoms with E-state index in [0.717, 1.165) is 58.9 Å². The van der Waals surface area contributed by atoms with Crippen molar-refractivity contribution in [2.75, 3.05) is 31.1 Å². The molecule has 0 aliphatic carbocycles. The molecule has 4 aliphatic rings. The Labute approximate surface area is 221 Å². The smallest absolute Gasteiger partial charge is 0.235 e. The molecule has 192 valence electrons. The summed E-state index contributed by atoms with van der Waals surface area (Å²) in [7, 11) is 0. The van der Waals surface area contributed by atoms with Crippen LogP contribution in [0.25, 0.3) is 22.0 Å². The van der Waals surface area contributed by atoms with Crippen LogP contribution in [0.2, 0.25) is 0 Å². The van der Waals surface area contributed by atoms with E-state index < -0.39 is 6.35 Å². The number of benzene rings is 3. The molecular weight excluding hydrogens is 476 g/mol. The molecule has 1 aromatic heterocycles. The Balaban J connectivity index is 1.43. The summed E-state index contributed by atoms with van der Waals surface area (Å²) >= 11 is 0. The number of hydrogen-bond acceptors (Lipinski definition) is 7. The van der Waals surface area contributed by atoms with E-state index in [4.69, 9.17) is 14.5 Å². The maximum absolute atomic E-state index is 6.63. The number of aliphatic imine (C=N–C) groups is 1. The van der Waals surface area contributed by atoms with Gasteiger partial charge in [0, 0.05) is 30.6 Å². The van der Waals surface area contributed by atoms with Crippen LogP contribution < -0.4 is 15.0 Å². The first-order valence-corrected chi connectivity index (χ1v) is 13.4. The zero-order valence-electron chi connectivity index (χ0n) is 21.8.